The molecule has 3 aromatic rings. The molecule has 0 spiro atoms. The van der Waals surface area contributed by atoms with E-state index in [2.05, 4.69) is 53.4 Å². The number of nitrogens with zero attached hydrogens (tertiary/aromatic N) is 3. The molecule has 2 aromatic heterocycles. The maximum Gasteiger partial charge on any atom is 0.250 e. The van der Waals surface area contributed by atoms with Crippen molar-refractivity contribution in [2.24, 2.45) is 5.73 Å². The highest BCUT2D eigenvalue weighted by Gasteiger charge is 2.29. The predicted octanol–water partition coefficient (Wildman–Crippen LogP) is 3.91. The van der Waals surface area contributed by atoms with Crippen LogP contribution in [0.3, 0.4) is 0 Å². The van der Waals surface area contributed by atoms with Gasteiger partial charge in [-0.25, -0.2) is 12.7 Å². The minimum Gasteiger partial charge on any atom is -0.366 e. The van der Waals surface area contributed by atoms with Crippen molar-refractivity contribution in [3.05, 3.63) is 45.8 Å². The molecule has 37 heavy (non-hydrogen) atoms. The summed E-state index contributed by atoms with van der Waals surface area (Å²) in [5, 5.41) is 3.15. The van der Waals surface area contributed by atoms with Gasteiger partial charge >= 0.3 is 0 Å². The summed E-state index contributed by atoms with van der Waals surface area (Å²) in [6, 6.07) is 6.24. The van der Waals surface area contributed by atoms with Gasteiger partial charge < -0.3 is 20.5 Å². The molecule has 8 nitrogen and oxygen atoms in total. The summed E-state index contributed by atoms with van der Waals surface area (Å²) < 4.78 is 26.2. The van der Waals surface area contributed by atoms with Crippen molar-refractivity contribution in [3.63, 3.8) is 0 Å². The number of fused-ring (bicyclic) bond motifs is 1. The molecule has 3 N–H and O–H groups in total. The van der Waals surface area contributed by atoms with Crippen LogP contribution in [0.4, 0.5) is 0 Å². The van der Waals surface area contributed by atoms with Gasteiger partial charge in [-0.1, -0.05) is 0 Å². The van der Waals surface area contributed by atoms with Gasteiger partial charge in [0.2, 0.25) is 10.0 Å². The third kappa shape index (κ3) is 6.43. The summed E-state index contributed by atoms with van der Waals surface area (Å²) in [6.07, 6.45) is 4.60. The topological polar surface area (TPSA) is 103 Å². The number of carbonyl (C=O) groups is 1. The number of H-pyrrole nitrogens is 1. The first-order valence-corrected chi connectivity index (χ1v) is 15.4. The number of rotatable bonds is 11. The van der Waals surface area contributed by atoms with E-state index in [0.717, 1.165) is 66.5 Å². The quantitative estimate of drug-likeness (QED) is 0.380. The van der Waals surface area contributed by atoms with Gasteiger partial charge in [-0.3, -0.25) is 4.79 Å². The Kier molecular flexibility index (Phi) is 8.75. The lowest BCUT2D eigenvalue weighted by molar-refractivity contribution is 0.100. The molecule has 1 aliphatic heterocycles. The lowest BCUT2D eigenvalue weighted by atomic mass is 9.88. The second kappa shape index (κ2) is 11.7. The van der Waals surface area contributed by atoms with Crippen LogP contribution < -0.4 is 5.73 Å². The third-order valence-corrected chi connectivity index (χ3v) is 10.1. The highest BCUT2D eigenvalue weighted by atomic mass is 32.2. The highest BCUT2D eigenvalue weighted by Crippen LogP contribution is 2.38. The minimum absolute atomic E-state index is 0.130. The number of hydrogen-bond acceptors (Lipinski definition) is 6. The second-order valence-corrected chi connectivity index (χ2v) is 13.6. The van der Waals surface area contributed by atoms with Crippen LogP contribution in [0.15, 0.2) is 29.8 Å². The molecule has 1 fully saturated rings. The van der Waals surface area contributed by atoms with Gasteiger partial charge in [-0.2, -0.15) is 0 Å². The maximum atomic E-state index is 12.4. The van der Waals surface area contributed by atoms with Gasteiger partial charge in [0.15, 0.2) is 0 Å². The van der Waals surface area contributed by atoms with Gasteiger partial charge in [0.05, 0.1) is 16.8 Å². The molecular formula is C27H39N5O3S2. The zero-order chi connectivity index (χ0) is 26.7. The van der Waals surface area contributed by atoms with Crippen molar-refractivity contribution in [2.75, 3.05) is 53.1 Å². The summed E-state index contributed by atoms with van der Waals surface area (Å²) >= 11 is 1.73. The van der Waals surface area contributed by atoms with Crippen molar-refractivity contribution in [3.8, 4) is 11.1 Å². The summed E-state index contributed by atoms with van der Waals surface area (Å²) in [4.78, 5) is 21.5. The number of aromatic amines is 1. The lowest BCUT2D eigenvalue weighted by Crippen LogP contribution is -2.38. The molecule has 1 saturated heterocycles. The highest BCUT2D eigenvalue weighted by molar-refractivity contribution is 7.89. The number of piperidine rings is 1. The van der Waals surface area contributed by atoms with Crippen LogP contribution in [-0.2, 0) is 16.6 Å². The average molecular weight is 546 g/mol. The monoisotopic (exact) mass is 545 g/mol. The Bertz CT molecular complexity index is 1340. The summed E-state index contributed by atoms with van der Waals surface area (Å²) in [6.45, 7) is 5.72. The van der Waals surface area contributed by atoms with E-state index < -0.39 is 15.9 Å². The number of thiophene rings is 1. The summed E-state index contributed by atoms with van der Waals surface area (Å²) in [5.41, 5.74) is 10.2. The van der Waals surface area contributed by atoms with Gasteiger partial charge in [-0.05, 0) is 107 Å². The number of nitrogens with one attached hydrogen (secondary N) is 1. The predicted molar refractivity (Wildman–Crippen MR) is 153 cm³/mol. The molecule has 0 bridgehead atoms. The zero-order valence-corrected chi connectivity index (χ0v) is 23.9. The number of nitrogens with two attached hydrogens (primary N) is 1. The Balaban J connectivity index is 1.57. The van der Waals surface area contributed by atoms with Gasteiger partial charge in [-0.15, -0.1) is 11.3 Å². The van der Waals surface area contributed by atoms with Crippen LogP contribution >= 0.6 is 11.3 Å². The molecule has 1 aromatic carbocycles. The lowest BCUT2D eigenvalue weighted by Gasteiger charge is -2.31. The fraction of sp³-hybridized carbons (Fsp3) is 0.519. The first-order valence-electron chi connectivity index (χ1n) is 12.9. The number of carbonyl (C=O) groups excluding carboxylic acids is 1. The SMILES string of the molecule is CCS(=O)(=O)N1CCC(c2c[nH]c3c(C(N)=O)cc(-c4csc(CN(C)CCCN(C)C)c4)cc23)CC1. The van der Waals surface area contributed by atoms with Crippen molar-refractivity contribution in [2.45, 2.75) is 38.6 Å². The van der Waals surface area contributed by atoms with E-state index >= 15 is 0 Å². The third-order valence-electron chi connectivity index (χ3n) is 7.30. The van der Waals surface area contributed by atoms with Crippen LogP contribution in [-0.4, -0.2) is 86.5 Å². The second-order valence-electron chi connectivity index (χ2n) is 10.3. The van der Waals surface area contributed by atoms with Crippen LogP contribution in [0.1, 0.15) is 52.9 Å². The number of sulfonamides is 1. The summed E-state index contributed by atoms with van der Waals surface area (Å²) in [7, 11) is 3.17. The van der Waals surface area contributed by atoms with Crippen LogP contribution in [0.25, 0.3) is 22.0 Å². The van der Waals surface area contributed by atoms with Gasteiger partial charge in [0.25, 0.3) is 5.91 Å². The van der Waals surface area contributed by atoms with E-state index in [4.69, 9.17) is 5.73 Å². The molecule has 1 amide bonds. The van der Waals surface area contributed by atoms with E-state index in [9.17, 15) is 13.2 Å². The fourth-order valence-corrected chi connectivity index (χ4v) is 7.30. The molecule has 0 radical (unpaired) electrons. The summed E-state index contributed by atoms with van der Waals surface area (Å²) in [5.74, 6) is -0.105. The van der Waals surface area contributed by atoms with Crippen molar-refractivity contribution >= 4 is 38.2 Å². The van der Waals surface area contributed by atoms with Crippen molar-refractivity contribution in [1.82, 2.24) is 19.1 Å². The number of hydrogen-bond donors (Lipinski definition) is 2. The Morgan fingerprint density at radius 3 is 2.51 bits per heavy atom. The molecule has 10 heteroatoms. The molecular weight excluding hydrogens is 506 g/mol. The van der Waals surface area contributed by atoms with Crippen LogP contribution in [0.2, 0.25) is 0 Å². The van der Waals surface area contributed by atoms with Crippen LogP contribution in [0, 0.1) is 0 Å². The first-order chi connectivity index (χ1) is 17.6. The molecule has 0 saturated carbocycles. The van der Waals surface area contributed by atoms with Gasteiger partial charge in [0, 0.05) is 36.1 Å². The standard InChI is InChI=1S/C27H39N5O3S2/c1-5-37(34,35)32-11-7-19(8-12-32)25-16-29-26-23(25)14-20(15-24(26)27(28)33)21-13-22(36-18-21)17-31(4)10-6-9-30(2)3/h13-16,18-19,29H,5-12,17H2,1-4H3,(H2,28,33). The number of amides is 1. The van der Waals surface area contributed by atoms with Gasteiger partial charge in [0.1, 0.15) is 0 Å². The van der Waals surface area contributed by atoms with Crippen molar-refractivity contribution in [1.29, 1.82) is 0 Å². The van der Waals surface area contributed by atoms with Crippen molar-refractivity contribution < 1.29 is 13.2 Å². The Morgan fingerprint density at radius 2 is 1.86 bits per heavy atom. The molecule has 0 unspecified atom stereocenters. The molecule has 1 aliphatic rings. The normalized spacial score (nSPS) is 15.8. The van der Waals surface area contributed by atoms with E-state index in [1.54, 1.807) is 22.6 Å². The minimum atomic E-state index is -3.17. The molecule has 4 rings (SSSR count). The van der Waals surface area contributed by atoms with E-state index in [1.165, 1.54) is 4.88 Å². The van der Waals surface area contributed by atoms with E-state index in [0.29, 0.717) is 18.7 Å². The molecule has 202 valence electrons. The molecule has 0 atom stereocenters. The Labute approximate surface area is 224 Å². The number of primary amides is 1. The first kappa shape index (κ1) is 27.8. The zero-order valence-electron chi connectivity index (χ0n) is 22.3. The average Bonchev–Trinajstić information content (AvgIpc) is 3.50. The van der Waals surface area contributed by atoms with E-state index in [1.807, 2.05) is 12.3 Å². The largest absolute Gasteiger partial charge is 0.366 e. The Morgan fingerprint density at radius 1 is 1.14 bits per heavy atom. The smallest absolute Gasteiger partial charge is 0.250 e. The molecule has 3 heterocycles. The number of aromatic nitrogens is 1. The fourth-order valence-electron chi connectivity index (χ4n) is 5.20. The Hall–Kier alpha value is -2.24. The number of benzene rings is 1. The molecule has 0 aliphatic carbocycles. The van der Waals surface area contributed by atoms with E-state index in [-0.39, 0.29) is 11.7 Å². The van der Waals surface area contributed by atoms with Crippen LogP contribution in [0.5, 0.6) is 0 Å². The maximum absolute atomic E-state index is 12.4.